The lowest BCUT2D eigenvalue weighted by atomic mass is 10.1. The van der Waals surface area contributed by atoms with Crippen LogP contribution in [0.1, 0.15) is 5.56 Å². The average molecular weight is 382 g/mol. The van der Waals surface area contributed by atoms with Crippen LogP contribution in [0.3, 0.4) is 0 Å². The number of benzene rings is 1. The molecule has 2 aromatic rings. The maximum Gasteiger partial charge on any atom is 0.270 e. The number of aromatic nitrogens is 1. The monoisotopic (exact) mass is 382 g/mol. The third kappa shape index (κ3) is 3.11. The van der Waals surface area contributed by atoms with Crippen LogP contribution in [0.2, 0.25) is 0 Å². The normalized spacial score (nSPS) is 17.8. The van der Waals surface area contributed by atoms with Crippen LogP contribution in [0, 0.1) is 0 Å². The van der Waals surface area contributed by atoms with Gasteiger partial charge in [0.15, 0.2) is 4.32 Å². The van der Waals surface area contributed by atoms with Crippen molar-refractivity contribution in [2.75, 3.05) is 18.6 Å². The summed E-state index contributed by atoms with van der Waals surface area (Å²) in [6.45, 7) is 0.386. The second kappa shape index (κ2) is 6.93. The van der Waals surface area contributed by atoms with E-state index in [2.05, 4.69) is 4.98 Å². The minimum Gasteiger partial charge on any atom is -0.497 e. The van der Waals surface area contributed by atoms with E-state index in [0.29, 0.717) is 21.5 Å². The molecule has 2 aliphatic rings. The van der Waals surface area contributed by atoms with Crippen molar-refractivity contribution < 1.29 is 14.3 Å². The van der Waals surface area contributed by atoms with Gasteiger partial charge in [0.05, 0.1) is 23.9 Å². The third-order valence-corrected chi connectivity index (χ3v) is 5.27. The van der Waals surface area contributed by atoms with Gasteiger partial charge in [0.1, 0.15) is 18.1 Å². The molecule has 1 saturated heterocycles. The van der Waals surface area contributed by atoms with E-state index in [1.165, 1.54) is 16.7 Å². The molecule has 1 amide bonds. The molecule has 0 spiro atoms. The number of fused-ring (bicyclic) bond motifs is 1. The standard InChI is InChI=1S/C19H14N2O3S2/c1-23-15-5-4-13-7-12(11-24-16(13)9-15)8-17-18(22)21(19(25)26-17)14-3-2-6-20-10-14/h2-10H,11H2,1H3/b17-8+. The minimum atomic E-state index is -0.144. The lowest BCUT2D eigenvalue weighted by Gasteiger charge is -2.17. The summed E-state index contributed by atoms with van der Waals surface area (Å²) in [6.07, 6.45) is 7.13. The van der Waals surface area contributed by atoms with Crippen molar-refractivity contribution in [1.82, 2.24) is 4.98 Å². The second-order valence-corrected chi connectivity index (χ2v) is 7.32. The zero-order valence-electron chi connectivity index (χ0n) is 13.8. The summed E-state index contributed by atoms with van der Waals surface area (Å²) < 4.78 is 11.5. The second-order valence-electron chi connectivity index (χ2n) is 5.64. The first-order valence-electron chi connectivity index (χ1n) is 7.85. The first-order valence-corrected chi connectivity index (χ1v) is 9.07. The van der Waals surface area contributed by atoms with Crippen molar-refractivity contribution >= 4 is 46.0 Å². The van der Waals surface area contributed by atoms with E-state index < -0.39 is 0 Å². The van der Waals surface area contributed by atoms with E-state index in [1.807, 2.05) is 36.4 Å². The number of anilines is 1. The van der Waals surface area contributed by atoms with Crippen LogP contribution in [0.5, 0.6) is 11.5 Å². The Morgan fingerprint density at radius 2 is 2.27 bits per heavy atom. The number of rotatable bonds is 3. The van der Waals surface area contributed by atoms with Gasteiger partial charge in [0.2, 0.25) is 0 Å². The topological polar surface area (TPSA) is 51.7 Å². The molecule has 5 nitrogen and oxygen atoms in total. The molecule has 2 aliphatic heterocycles. The molecule has 7 heteroatoms. The van der Waals surface area contributed by atoms with Gasteiger partial charge in [-0.3, -0.25) is 14.7 Å². The average Bonchev–Trinajstić information content (AvgIpc) is 2.95. The largest absolute Gasteiger partial charge is 0.497 e. The molecule has 0 atom stereocenters. The number of carbonyl (C=O) groups is 1. The number of hydrogen-bond acceptors (Lipinski definition) is 6. The molecule has 26 heavy (non-hydrogen) atoms. The predicted molar refractivity (Wildman–Crippen MR) is 106 cm³/mol. The fourth-order valence-corrected chi connectivity index (χ4v) is 4.03. The van der Waals surface area contributed by atoms with Crippen molar-refractivity contribution in [2.24, 2.45) is 0 Å². The van der Waals surface area contributed by atoms with Crippen molar-refractivity contribution in [2.45, 2.75) is 0 Å². The summed E-state index contributed by atoms with van der Waals surface area (Å²) >= 11 is 6.65. The Morgan fingerprint density at radius 1 is 1.38 bits per heavy atom. The summed E-state index contributed by atoms with van der Waals surface area (Å²) in [6, 6.07) is 9.25. The molecule has 0 bridgehead atoms. The molecule has 0 N–H and O–H groups in total. The minimum absolute atomic E-state index is 0.144. The number of amides is 1. The van der Waals surface area contributed by atoms with Crippen LogP contribution < -0.4 is 14.4 Å². The van der Waals surface area contributed by atoms with E-state index in [4.69, 9.17) is 21.7 Å². The first kappa shape index (κ1) is 16.8. The highest BCUT2D eigenvalue weighted by atomic mass is 32.2. The van der Waals surface area contributed by atoms with Crippen molar-refractivity contribution in [3.63, 3.8) is 0 Å². The van der Waals surface area contributed by atoms with Gasteiger partial charge in [-0.05, 0) is 42.0 Å². The van der Waals surface area contributed by atoms with Gasteiger partial charge in [-0.15, -0.1) is 0 Å². The van der Waals surface area contributed by atoms with E-state index in [0.717, 1.165) is 22.6 Å². The van der Waals surface area contributed by atoms with E-state index in [1.54, 1.807) is 25.6 Å². The number of ether oxygens (including phenoxy) is 2. The van der Waals surface area contributed by atoms with Gasteiger partial charge >= 0.3 is 0 Å². The van der Waals surface area contributed by atoms with E-state index in [-0.39, 0.29) is 5.91 Å². The summed E-state index contributed by atoms with van der Waals surface area (Å²) in [7, 11) is 1.62. The summed E-state index contributed by atoms with van der Waals surface area (Å²) in [5.41, 5.74) is 2.53. The van der Waals surface area contributed by atoms with Crippen LogP contribution in [-0.4, -0.2) is 28.9 Å². The smallest absolute Gasteiger partial charge is 0.270 e. The number of hydrogen-bond donors (Lipinski definition) is 0. The zero-order valence-corrected chi connectivity index (χ0v) is 15.5. The predicted octanol–water partition coefficient (Wildman–Crippen LogP) is 3.81. The molecular formula is C19H14N2O3S2. The Bertz CT molecular complexity index is 955. The molecule has 1 aromatic carbocycles. The van der Waals surface area contributed by atoms with Crippen LogP contribution in [0.25, 0.3) is 6.08 Å². The van der Waals surface area contributed by atoms with Crippen LogP contribution in [-0.2, 0) is 4.79 Å². The summed E-state index contributed by atoms with van der Waals surface area (Å²) in [5.74, 6) is 1.37. The molecule has 0 aliphatic carbocycles. The fourth-order valence-electron chi connectivity index (χ4n) is 2.72. The number of thiocarbonyl (C=S) groups is 1. The van der Waals surface area contributed by atoms with Crippen LogP contribution in [0.4, 0.5) is 5.69 Å². The van der Waals surface area contributed by atoms with E-state index in [9.17, 15) is 4.79 Å². The molecule has 4 rings (SSSR count). The van der Waals surface area contributed by atoms with Crippen molar-refractivity contribution in [3.05, 3.63) is 64.8 Å². The Balaban J connectivity index is 1.62. The summed E-state index contributed by atoms with van der Waals surface area (Å²) in [4.78, 5) is 18.9. The number of carbonyl (C=O) groups excluding carboxylic acids is 1. The highest BCUT2D eigenvalue weighted by molar-refractivity contribution is 8.27. The molecule has 3 heterocycles. The van der Waals surface area contributed by atoms with Crippen LogP contribution in [0.15, 0.2) is 59.3 Å². The zero-order chi connectivity index (χ0) is 18.1. The number of methoxy groups -OCH3 is 1. The lowest BCUT2D eigenvalue weighted by molar-refractivity contribution is -0.113. The molecule has 1 fully saturated rings. The maximum atomic E-state index is 12.8. The number of nitrogens with zero attached hydrogens (tertiary/aromatic N) is 2. The van der Waals surface area contributed by atoms with Gasteiger partial charge in [0, 0.05) is 17.8 Å². The van der Waals surface area contributed by atoms with Gasteiger partial charge in [-0.1, -0.05) is 24.0 Å². The van der Waals surface area contributed by atoms with Gasteiger partial charge < -0.3 is 9.47 Å². The van der Waals surface area contributed by atoms with Crippen molar-refractivity contribution in [3.8, 4) is 11.5 Å². The first-order chi connectivity index (χ1) is 12.7. The molecule has 1 aromatic heterocycles. The number of thioether (sulfide) groups is 1. The summed E-state index contributed by atoms with van der Waals surface area (Å²) in [5, 5.41) is 0. The maximum absolute atomic E-state index is 12.8. The molecular weight excluding hydrogens is 368 g/mol. The Labute approximate surface area is 160 Å². The highest BCUT2D eigenvalue weighted by Gasteiger charge is 2.33. The van der Waals surface area contributed by atoms with Gasteiger partial charge in [-0.2, -0.15) is 0 Å². The van der Waals surface area contributed by atoms with Crippen molar-refractivity contribution in [1.29, 1.82) is 0 Å². The number of pyridine rings is 1. The lowest BCUT2D eigenvalue weighted by Crippen LogP contribution is -2.27. The Kier molecular flexibility index (Phi) is 4.48. The molecule has 0 radical (unpaired) electrons. The Hall–Kier alpha value is -2.64. The SMILES string of the molecule is COc1ccc2c(c1)OCC(/C=C1/SC(=S)N(c3cccnc3)C1=O)=C2. The van der Waals surface area contributed by atoms with Gasteiger partial charge in [-0.25, -0.2) is 0 Å². The third-order valence-electron chi connectivity index (χ3n) is 3.97. The highest BCUT2D eigenvalue weighted by Crippen LogP contribution is 2.37. The Morgan fingerprint density at radius 3 is 3.04 bits per heavy atom. The molecule has 130 valence electrons. The van der Waals surface area contributed by atoms with Gasteiger partial charge in [0.25, 0.3) is 5.91 Å². The quantitative estimate of drug-likeness (QED) is 0.594. The molecule has 0 unspecified atom stereocenters. The van der Waals surface area contributed by atoms with E-state index >= 15 is 0 Å². The van der Waals surface area contributed by atoms with Crippen LogP contribution >= 0.6 is 24.0 Å². The fraction of sp³-hybridized carbons (Fsp3) is 0.105. The molecule has 0 saturated carbocycles.